The minimum Gasteiger partial charge on any atom is -0.492 e. The summed E-state index contributed by atoms with van der Waals surface area (Å²) >= 11 is 3.13. The Kier molecular flexibility index (Phi) is 5.77. The summed E-state index contributed by atoms with van der Waals surface area (Å²) in [5.41, 5.74) is 0. The van der Waals surface area contributed by atoms with Crippen molar-refractivity contribution in [1.29, 1.82) is 0 Å². The second-order valence-electron chi connectivity index (χ2n) is 3.45. The number of likely N-dealkylation sites (N-methyl/N-ethyl adjacent to an activating group) is 1. The van der Waals surface area contributed by atoms with Gasteiger partial charge in [0.25, 0.3) is 0 Å². The highest BCUT2D eigenvalue weighted by Crippen LogP contribution is 2.21. The summed E-state index contributed by atoms with van der Waals surface area (Å²) in [6.07, 6.45) is 0. The third-order valence-corrected chi connectivity index (χ3v) is 3.07. The van der Waals surface area contributed by atoms with Crippen LogP contribution < -0.4 is 4.74 Å². The molecule has 0 spiro atoms. The molecule has 4 heteroatoms. The van der Waals surface area contributed by atoms with Crippen molar-refractivity contribution in [2.45, 2.75) is 13.8 Å². The zero-order valence-electron chi connectivity index (χ0n) is 9.67. The van der Waals surface area contributed by atoms with Crippen molar-refractivity contribution in [3.63, 3.8) is 0 Å². The molecule has 0 fully saturated rings. The molecule has 0 atom stereocenters. The molecule has 1 rings (SSSR count). The van der Waals surface area contributed by atoms with Gasteiger partial charge in [-0.05, 0) is 47.2 Å². The molecule has 0 aliphatic heterocycles. The lowest BCUT2D eigenvalue weighted by Crippen LogP contribution is -2.27. The number of nitrogens with zero attached hydrogens (tertiary/aromatic N) is 1. The molecular weight excluding hydrogens is 273 g/mol. The molecule has 0 aliphatic carbocycles. The summed E-state index contributed by atoms with van der Waals surface area (Å²) in [5.74, 6) is 0.427. The first-order chi connectivity index (χ1) is 7.67. The van der Waals surface area contributed by atoms with E-state index in [0.717, 1.165) is 19.6 Å². The SMILES string of the molecule is CCN(CC)CCOc1ccc(F)c(Br)c1. The van der Waals surface area contributed by atoms with E-state index in [1.54, 1.807) is 12.1 Å². The predicted molar refractivity (Wildman–Crippen MR) is 67.4 cm³/mol. The van der Waals surface area contributed by atoms with Crippen molar-refractivity contribution < 1.29 is 9.13 Å². The van der Waals surface area contributed by atoms with Crippen LogP contribution in [0.1, 0.15) is 13.8 Å². The Hall–Kier alpha value is -0.610. The summed E-state index contributed by atoms with van der Waals surface area (Å²) in [7, 11) is 0. The molecule has 0 heterocycles. The van der Waals surface area contributed by atoms with Crippen molar-refractivity contribution in [3.8, 4) is 5.75 Å². The fourth-order valence-corrected chi connectivity index (χ4v) is 1.76. The van der Waals surface area contributed by atoms with Crippen molar-refractivity contribution >= 4 is 15.9 Å². The topological polar surface area (TPSA) is 12.5 Å². The maximum absolute atomic E-state index is 12.9. The summed E-state index contributed by atoms with van der Waals surface area (Å²) in [6, 6.07) is 4.69. The Balaban J connectivity index is 2.40. The van der Waals surface area contributed by atoms with Crippen LogP contribution in [0.3, 0.4) is 0 Å². The number of hydrogen-bond acceptors (Lipinski definition) is 2. The monoisotopic (exact) mass is 289 g/mol. The van der Waals surface area contributed by atoms with Crippen LogP contribution in [0, 0.1) is 5.82 Å². The zero-order chi connectivity index (χ0) is 12.0. The van der Waals surface area contributed by atoms with Gasteiger partial charge in [-0.1, -0.05) is 13.8 Å². The first-order valence-corrected chi connectivity index (χ1v) is 6.26. The van der Waals surface area contributed by atoms with Crippen molar-refractivity contribution in [2.75, 3.05) is 26.2 Å². The summed E-state index contributed by atoms with van der Waals surface area (Å²) < 4.78 is 18.9. The third kappa shape index (κ3) is 4.10. The minimum absolute atomic E-state index is 0.268. The number of rotatable bonds is 6. The molecule has 90 valence electrons. The summed E-state index contributed by atoms with van der Waals surface area (Å²) in [5, 5.41) is 0. The fourth-order valence-electron chi connectivity index (χ4n) is 1.40. The maximum Gasteiger partial charge on any atom is 0.137 e. The lowest BCUT2D eigenvalue weighted by molar-refractivity contribution is 0.222. The molecule has 1 aromatic rings. The lowest BCUT2D eigenvalue weighted by atomic mass is 10.3. The van der Waals surface area contributed by atoms with Crippen LogP contribution in [0.5, 0.6) is 5.75 Å². The van der Waals surface area contributed by atoms with Gasteiger partial charge in [-0.3, -0.25) is 0 Å². The van der Waals surface area contributed by atoms with Gasteiger partial charge in [0.2, 0.25) is 0 Å². The molecule has 0 aliphatic rings. The number of hydrogen-bond donors (Lipinski definition) is 0. The molecule has 16 heavy (non-hydrogen) atoms. The Morgan fingerprint density at radius 2 is 2.00 bits per heavy atom. The van der Waals surface area contributed by atoms with E-state index < -0.39 is 0 Å². The molecular formula is C12H17BrFNO. The lowest BCUT2D eigenvalue weighted by Gasteiger charge is -2.18. The Morgan fingerprint density at radius 3 is 2.56 bits per heavy atom. The van der Waals surface area contributed by atoms with Crippen LogP contribution >= 0.6 is 15.9 Å². The molecule has 0 saturated carbocycles. The second-order valence-corrected chi connectivity index (χ2v) is 4.31. The molecule has 0 radical (unpaired) electrons. The standard InChI is InChI=1S/C12H17BrFNO/c1-3-15(4-2)7-8-16-10-5-6-12(14)11(13)9-10/h5-6,9H,3-4,7-8H2,1-2H3. The highest BCUT2D eigenvalue weighted by molar-refractivity contribution is 9.10. The van der Waals surface area contributed by atoms with Crippen LogP contribution in [0.15, 0.2) is 22.7 Å². The highest BCUT2D eigenvalue weighted by atomic mass is 79.9. The van der Waals surface area contributed by atoms with Crippen molar-refractivity contribution in [2.24, 2.45) is 0 Å². The molecule has 0 aromatic heterocycles. The quantitative estimate of drug-likeness (QED) is 0.797. The second kappa shape index (κ2) is 6.86. The van der Waals surface area contributed by atoms with E-state index in [1.165, 1.54) is 6.07 Å². The average molecular weight is 290 g/mol. The van der Waals surface area contributed by atoms with Crippen LogP contribution in [0.2, 0.25) is 0 Å². The van der Waals surface area contributed by atoms with E-state index in [1.807, 2.05) is 0 Å². The average Bonchev–Trinajstić information content (AvgIpc) is 2.29. The van der Waals surface area contributed by atoms with Crippen LogP contribution in [0.4, 0.5) is 4.39 Å². The van der Waals surface area contributed by atoms with Gasteiger partial charge in [-0.15, -0.1) is 0 Å². The van der Waals surface area contributed by atoms with E-state index in [2.05, 4.69) is 34.7 Å². The van der Waals surface area contributed by atoms with Crippen LogP contribution in [-0.4, -0.2) is 31.1 Å². The molecule has 0 saturated heterocycles. The first-order valence-electron chi connectivity index (χ1n) is 5.47. The highest BCUT2D eigenvalue weighted by Gasteiger charge is 2.02. The first kappa shape index (κ1) is 13.5. The predicted octanol–water partition coefficient (Wildman–Crippen LogP) is 3.31. The third-order valence-electron chi connectivity index (χ3n) is 2.46. The van der Waals surface area contributed by atoms with E-state index >= 15 is 0 Å². The van der Waals surface area contributed by atoms with Gasteiger partial charge >= 0.3 is 0 Å². The molecule has 2 nitrogen and oxygen atoms in total. The van der Waals surface area contributed by atoms with E-state index in [9.17, 15) is 4.39 Å². The summed E-state index contributed by atoms with van der Waals surface area (Å²) in [4.78, 5) is 2.28. The van der Waals surface area contributed by atoms with Gasteiger partial charge in [-0.25, -0.2) is 4.39 Å². The molecule has 0 amide bonds. The van der Waals surface area contributed by atoms with Gasteiger partial charge in [-0.2, -0.15) is 0 Å². The molecule has 0 bridgehead atoms. The van der Waals surface area contributed by atoms with Crippen LogP contribution in [-0.2, 0) is 0 Å². The Morgan fingerprint density at radius 1 is 1.31 bits per heavy atom. The van der Waals surface area contributed by atoms with Gasteiger partial charge in [0.1, 0.15) is 18.2 Å². The van der Waals surface area contributed by atoms with Crippen LogP contribution in [0.25, 0.3) is 0 Å². The minimum atomic E-state index is -0.268. The van der Waals surface area contributed by atoms with E-state index in [0.29, 0.717) is 16.8 Å². The van der Waals surface area contributed by atoms with E-state index in [4.69, 9.17) is 4.74 Å². The Bertz CT molecular complexity index is 329. The maximum atomic E-state index is 12.9. The van der Waals surface area contributed by atoms with Crippen molar-refractivity contribution in [1.82, 2.24) is 4.90 Å². The molecule has 0 N–H and O–H groups in total. The fraction of sp³-hybridized carbons (Fsp3) is 0.500. The van der Waals surface area contributed by atoms with Gasteiger partial charge in [0, 0.05) is 6.54 Å². The number of halogens is 2. The van der Waals surface area contributed by atoms with Crippen molar-refractivity contribution in [3.05, 3.63) is 28.5 Å². The largest absolute Gasteiger partial charge is 0.492 e. The summed E-state index contributed by atoms with van der Waals surface area (Å²) in [6.45, 7) is 7.80. The normalized spacial score (nSPS) is 10.8. The van der Waals surface area contributed by atoms with Gasteiger partial charge in [0.15, 0.2) is 0 Å². The van der Waals surface area contributed by atoms with Gasteiger partial charge < -0.3 is 9.64 Å². The molecule has 1 aromatic carbocycles. The smallest absolute Gasteiger partial charge is 0.137 e. The molecule has 0 unspecified atom stereocenters. The number of benzene rings is 1. The zero-order valence-corrected chi connectivity index (χ0v) is 11.3. The Labute approximate surface area is 105 Å². The van der Waals surface area contributed by atoms with E-state index in [-0.39, 0.29) is 5.82 Å². The van der Waals surface area contributed by atoms with Gasteiger partial charge in [0.05, 0.1) is 4.47 Å². The number of ether oxygens (including phenoxy) is 1.